The first-order valence-electron chi connectivity index (χ1n) is 10.4. The van der Waals surface area contributed by atoms with E-state index in [1.54, 1.807) is 11.3 Å². The number of carbonyl (C=O) groups is 1. The summed E-state index contributed by atoms with van der Waals surface area (Å²) in [5.41, 5.74) is 0. The highest BCUT2D eigenvalue weighted by atomic mass is 32.1. The molecule has 0 bridgehead atoms. The van der Waals surface area contributed by atoms with Crippen molar-refractivity contribution in [2.24, 2.45) is 0 Å². The normalized spacial score (nSPS) is 35.3. The second-order valence-electron chi connectivity index (χ2n) is 8.69. The van der Waals surface area contributed by atoms with Crippen molar-refractivity contribution in [1.82, 2.24) is 14.0 Å². The number of methoxy groups -OCH3 is 1. The van der Waals surface area contributed by atoms with Gasteiger partial charge in [0.15, 0.2) is 0 Å². The summed E-state index contributed by atoms with van der Waals surface area (Å²) in [7, 11) is -1.66. The first kappa shape index (κ1) is 20.5. The third-order valence-electron chi connectivity index (χ3n) is 6.39. The van der Waals surface area contributed by atoms with Crippen LogP contribution in [0, 0.1) is 0 Å². The number of nitrogens with zero attached hydrogens (tertiary/aromatic N) is 3. The monoisotopic (exact) mass is 425 g/mol. The number of hydrogen-bond donors (Lipinski definition) is 0. The van der Waals surface area contributed by atoms with Gasteiger partial charge in [-0.25, -0.2) is 14.0 Å². The molecule has 3 heterocycles. The predicted octanol–water partition coefficient (Wildman–Crippen LogP) is 4.50. The number of rotatable bonds is 5. The summed E-state index contributed by atoms with van der Waals surface area (Å²) in [5.74, 6) is -0.282. The molecule has 28 heavy (non-hydrogen) atoms. The van der Waals surface area contributed by atoms with Crippen LogP contribution >= 0.6 is 18.9 Å². The molecule has 1 unspecified atom stereocenters. The molecule has 1 saturated carbocycles. The number of carbonyl (C=O) groups excluding carboxylic acids is 1. The highest BCUT2D eigenvalue weighted by Crippen LogP contribution is 2.75. The highest BCUT2D eigenvalue weighted by Gasteiger charge is 2.71. The number of thiophene rings is 1. The second-order valence-corrected chi connectivity index (χ2v) is 12.1. The summed E-state index contributed by atoms with van der Waals surface area (Å²) in [6.07, 6.45) is 4.53. The van der Waals surface area contributed by atoms with E-state index in [1.807, 2.05) is 22.2 Å². The molecule has 0 aromatic carbocycles. The van der Waals surface area contributed by atoms with Crippen molar-refractivity contribution >= 4 is 24.9 Å². The average molecular weight is 426 g/mol. The zero-order valence-electron chi connectivity index (χ0n) is 17.4. The van der Waals surface area contributed by atoms with Crippen LogP contribution in [-0.4, -0.2) is 57.3 Å². The van der Waals surface area contributed by atoms with Crippen molar-refractivity contribution in [2.45, 2.75) is 89.6 Å². The Morgan fingerprint density at radius 2 is 1.71 bits per heavy atom. The quantitative estimate of drug-likeness (QED) is 0.393. The molecule has 2 saturated heterocycles. The van der Waals surface area contributed by atoms with Crippen LogP contribution in [0.25, 0.3) is 0 Å². The van der Waals surface area contributed by atoms with Crippen molar-refractivity contribution in [3.8, 4) is 0 Å². The Bertz CT molecular complexity index is 741. The number of fused-ring (bicyclic) bond motifs is 1. The average Bonchev–Trinajstić information content (AvgIpc) is 3.05. The van der Waals surface area contributed by atoms with Crippen LogP contribution in [-0.2, 0) is 14.1 Å². The minimum atomic E-state index is -3.08. The lowest BCUT2D eigenvalue weighted by Gasteiger charge is -2.37. The highest BCUT2D eigenvalue weighted by molar-refractivity contribution is 7.57. The maximum Gasteiger partial charge on any atom is 0.325 e. The van der Waals surface area contributed by atoms with Gasteiger partial charge in [0.1, 0.15) is 6.04 Å². The lowest BCUT2D eigenvalue weighted by Crippen LogP contribution is -2.43. The summed E-state index contributed by atoms with van der Waals surface area (Å²) in [4.78, 5) is 13.7. The maximum atomic E-state index is 15.0. The SMILES string of the molecule is COC(=O)[C@@H]1[C@H](c2cccs2)N1P1(=O)N(C(C)C)[C@@H]2CCCC[C@H]2N1C(C)C. The van der Waals surface area contributed by atoms with Crippen LogP contribution in [0.15, 0.2) is 17.5 Å². The van der Waals surface area contributed by atoms with Crippen molar-refractivity contribution in [2.75, 3.05) is 7.11 Å². The van der Waals surface area contributed by atoms with Gasteiger partial charge in [-0.1, -0.05) is 18.9 Å². The number of esters is 1. The minimum absolute atomic E-state index is 0.152. The molecule has 1 aromatic heterocycles. The Kier molecular flexibility index (Phi) is 5.51. The number of hydrogen-bond acceptors (Lipinski definition) is 4. The molecule has 156 valence electrons. The van der Waals surface area contributed by atoms with Gasteiger partial charge in [0.25, 0.3) is 7.59 Å². The van der Waals surface area contributed by atoms with Crippen molar-refractivity contribution in [3.63, 3.8) is 0 Å². The first-order valence-corrected chi connectivity index (χ1v) is 12.9. The zero-order chi connectivity index (χ0) is 20.2. The van der Waals surface area contributed by atoms with E-state index in [4.69, 9.17) is 4.74 Å². The molecule has 8 heteroatoms. The Labute approximate surface area is 172 Å². The molecule has 4 rings (SSSR count). The summed E-state index contributed by atoms with van der Waals surface area (Å²) < 4.78 is 26.6. The summed E-state index contributed by atoms with van der Waals surface area (Å²) in [6, 6.07) is 4.33. The van der Waals surface area contributed by atoms with Crippen LogP contribution in [0.5, 0.6) is 0 Å². The zero-order valence-corrected chi connectivity index (χ0v) is 19.2. The van der Waals surface area contributed by atoms with Gasteiger partial charge in [-0.3, -0.25) is 9.36 Å². The van der Waals surface area contributed by atoms with E-state index in [-0.39, 0.29) is 24.1 Å². The van der Waals surface area contributed by atoms with Gasteiger partial charge in [0.2, 0.25) is 0 Å². The van der Waals surface area contributed by atoms with E-state index in [9.17, 15) is 9.36 Å². The predicted molar refractivity (Wildman–Crippen MR) is 112 cm³/mol. The molecule has 2 aliphatic heterocycles. The van der Waals surface area contributed by atoms with Crippen LogP contribution < -0.4 is 0 Å². The fourth-order valence-electron chi connectivity index (χ4n) is 5.47. The van der Waals surface area contributed by atoms with Crippen molar-refractivity contribution in [3.05, 3.63) is 22.4 Å². The van der Waals surface area contributed by atoms with E-state index < -0.39 is 13.6 Å². The summed E-state index contributed by atoms with van der Waals surface area (Å²) in [5, 5.41) is 2.02. The van der Waals surface area contributed by atoms with E-state index in [1.165, 1.54) is 20.0 Å². The molecule has 3 aliphatic rings. The van der Waals surface area contributed by atoms with E-state index >= 15 is 0 Å². The molecule has 5 atom stereocenters. The fraction of sp³-hybridized carbons (Fsp3) is 0.750. The minimum Gasteiger partial charge on any atom is -0.468 e. The van der Waals surface area contributed by atoms with Gasteiger partial charge in [-0.05, 0) is 52.0 Å². The van der Waals surface area contributed by atoms with E-state index in [0.717, 1.165) is 17.7 Å². The van der Waals surface area contributed by atoms with Crippen molar-refractivity contribution < 1.29 is 14.1 Å². The van der Waals surface area contributed by atoms with Gasteiger partial charge in [0, 0.05) is 29.0 Å². The second kappa shape index (κ2) is 7.51. The van der Waals surface area contributed by atoms with Crippen LogP contribution in [0.4, 0.5) is 0 Å². The smallest absolute Gasteiger partial charge is 0.325 e. The first-order chi connectivity index (χ1) is 13.3. The lowest BCUT2D eigenvalue weighted by molar-refractivity contribution is -0.140. The van der Waals surface area contributed by atoms with Crippen molar-refractivity contribution in [1.29, 1.82) is 0 Å². The lowest BCUT2D eigenvalue weighted by atomic mass is 9.89. The van der Waals surface area contributed by atoms with Gasteiger partial charge < -0.3 is 4.74 Å². The molecule has 0 N–H and O–H groups in total. The van der Waals surface area contributed by atoms with E-state index in [2.05, 4.69) is 37.0 Å². The van der Waals surface area contributed by atoms with Crippen LogP contribution in [0.1, 0.15) is 64.3 Å². The van der Waals surface area contributed by atoms with Gasteiger partial charge in [0.05, 0.1) is 13.2 Å². The Morgan fingerprint density at radius 1 is 1.14 bits per heavy atom. The Hall–Kier alpha value is -0.720. The number of ether oxygens (including phenoxy) is 1. The van der Waals surface area contributed by atoms with Gasteiger partial charge in [-0.15, -0.1) is 11.3 Å². The van der Waals surface area contributed by atoms with E-state index in [0.29, 0.717) is 12.1 Å². The molecular weight excluding hydrogens is 393 g/mol. The molecule has 1 aliphatic carbocycles. The molecule has 6 nitrogen and oxygen atoms in total. The maximum absolute atomic E-state index is 15.0. The third kappa shape index (κ3) is 2.93. The Balaban J connectivity index is 1.81. The van der Waals surface area contributed by atoms with Crippen LogP contribution in [0.3, 0.4) is 0 Å². The molecule has 0 spiro atoms. The van der Waals surface area contributed by atoms with Gasteiger partial charge in [-0.2, -0.15) is 0 Å². The topological polar surface area (TPSA) is 52.9 Å². The fourth-order valence-corrected chi connectivity index (χ4v) is 10.7. The molecule has 0 radical (unpaired) electrons. The summed E-state index contributed by atoms with van der Waals surface area (Å²) in [6.45, 7) is 8.55. The molecule has 1 aromatic rings. The molecule has 0 amide bonds. The summed E-state index contributed by atoms with van der Waals surface area (Å²) >= 11 is 1.62. The molecule has 3 fully saturated rings. The van der Waals surface area contributed by atoms with Gasteiger partial charge >= 0.3 is 5.97 Å². The third-order valence-corrected chi connectivity index (χ3v) is 11.2. The standard InChI is InChI=1S/C20H32N3O3PS/c1-13(2)21-15-9-6-7-10-16(15)22(14(3)4)27(21,25)23-18(17-11-8-12-28-17)19(23)20(24)26-5/h8,11-16,18-19H,6-7,9-10H2,1-5H3/t15-,16-,18+,19+,23?/m1/s1. The largest absolute Gasteiger partial charge is 0.468 e. The van der Waals surface area contributed by atoms with Crippen LogP contribution in [0.2, 0.25) is 0 Å². The molecular formula is C20H32N3O3PS. The Morgan fingerprint density at radius 3 is 2.14 bits per heavy atom.